The van der Waals surface area contributed by atoms with Crippen LogP contribution in [0.5, 0.6) is 0 Å². The molecule has 0 aliphatic heterocycles. The van der Waals surface area contributed by atoms with Gasteiger partial charge >= 0.3 is 6.41 Å². The van der Waals surface area contributed by atoms with Crippen LogP contribution < -0.4 is 5.32 Å². The maximum Gasteiger partial charge on any atom is 0.309 e. The van der Waals surface area contributed by atoms with Crippen molar-refractivity contribution in [3.8, 4) is 0 Å². The van der Waals surface area contributed by atoms with Crippen molar-refractivity contribution in [1.29, 1.82) is 0 Å². The van der Waals surface area contributed by atoms with Crippen LogP contribution in [0.3, 0.4) is 0 Å². The molecule has 1 N–H and O–H groups in total. The first-order valence-corrected chi connectivity index (χ1v) is 1.57. The fourth-order valence-electron chi connectivity index (χ4n) is 0.0983. The Labute approximate surface area is 35.3 Å². The van der Waals surface area contributed by atoms with E-state index in [2.05, 4.69) is 0 Å². The summed E-state index contributed by atoms with van der Waals surface area (Å²) < 4.78 is 10.9. The number of amides is 1. The zero-order valence-corrected chi connectivity index (χ0v) is 3.20. The van der Waals surface area contributed by atoms with Gasteiger partial charge < -0.3 is 5.32 Å². The predicted octanol–water partition coefficient (Wildman–Crippen LogP) is -0.387. The van der Waals surface area contributed by atoms with Crippen molar-refractivity contribution >= 4 is 6.41 Å². The Hall–Kier alpha value is -0.600. The minimum absolute atomic E-state index is 0.0729. The summed E-state index contributed by atoms with van der Waals surface area (Å²) in [5, 5.41) is 2.02. The van der Waals surface area contributed by atoms with Crippen LogP contribution in [0.2, 0.25) is 0 Å². The summed E-state index contributed by atoms with van der Waals surface area (Å²) in [7, 11) is 0. The minimum atomic E-state index is -0.519. The second-order valence-corrected chi connectivity index (χ2v) is 0.718. The molecular weight excluding hydrogens is 85.0 g/mol. The molecule has 0 fully saturated rings. The molecule has 0 aromatic rings. The van der Waals surface area contributed by atoms with Gasteiger partial charge in [-0.15, -0.1) is 0 Å². The van der Waals surface area contributed by atoms with Crippen LogP contribution in [-0.4, -0.2) is 19.6 Å². The van der Waals surface area contributed by atoms with Gasteiger partial charge in [0.2, 0.25) is 0 Å². The molecule has 0 aromatic heterocycles. The number of nitrogens with one attached hydrogen (secondary N) is 1. The fourth-order valence-corrected chi connectivity index (χ4v) is 0.0983. The maximum atomic E-state index is 10.9. The SMILES string of the molecule is O=[C]NCCF. The Morgan fingerprint density at radius 1 is 1.83 bits per heavy atom. The molecule has 6 heavy (non-hydrogen) atoms. The quantitative estimate of drug-likeness (QED) is 0.371. The molecular formula is C3H5FNO. The standard InChI is InChI=1S/C3H5FNO/c4-1-2-5-3-6/h1-2H2,(H,5,6). The second-order valence-electron chi connectivity index (χ2n) is 0.718. The summed E-state index contributed by atoms with van der Waals surface area (Å²) in [6, 6.07) is 0. The third kappa shape index (κ3) is 3.40. The first-order valence-electron chi connectivity index (χ1n) is 1.57. The molecule has 1 radical (unpaired) electrons. The summed E-state index contributed by atoms with van der Waals surface area (Å²) in [5.41, 5.74) is 0. The Balaban J connectivity index is 2.49. The molecule has 0 saturated carbocycles. The summed E-state index contributed by atoms with van der Waals surface area (Å²) >= 11 is 0. The molecule has 0 heterocycles. The van der Waals surface area contributed by atoms with E-state index in [0.29, 0.717) is 0 Å². The van der Waals surface area contributed by atoms with E-state index in [-0.39, 0.29) is 6.54 Å². The molecule has 0 saturated heterocycles. The third-order valence-corrected chi connectivity index (χ3v) is 0.292. The largest absolute Gasteiger partial charge is 0.345 e. The number of carbonyl (C=O) groups excluding carboxylic acids is 1. The first-order chi connectivity index (χ1) is 2.91. The van der Waals surface area contributed by atoms with Crippen molar-refractivity contribution in [2.24, 2.45) is 0 Å². The molecule has 0 aliphatic carbocycles. The van der Waals surface area contributed by atoms with E-state index >= 15 is 0 Å². The zero-order chi connectivity index (χ0) is 4.83. The predicted molar refractivity (Wildman–Crippen MR) is 19.7 cm³/mol. The molecule has 0 rings (SSSR count). The van der Waals surface area contributed by atoms with Crippen molar-refractivity contribution in [2.75, 3.05) is 13.2 Å². The van der Waals surface area contributed by atoms with E-state index in [9.17, 15) is 4.39 Å². The molecule has 0 unspecified atom stereocenters. The van der Waals surface area contributed by atoms with Gasteiger partial charge in [0.1, 0.15) is 6.67 Å². The van der Waals surface area contributed by atoms with Gasteiger partial charge in [-0.2, -0.15) is 0 Å². The lowest BCUT2D eigenvalue weighted by Crippen LogP contribution is -2.12. The van der Waals surface area contributed by atoms with Gasteiger partial charge in [-0.25, -0.2) is 4.39 Å². The van der Waals surface area contributed by atoms with Crippen LogP contribution in [-0.2, 0) is 4.79 Å². The zero-order valence-electron chi connectivity index (χ0n) is 3.20. The Morgan fingerprint density at radius 3 is 2.67 bits per heavy atom. The van der Waals surface area contributed by atoms with E-state index in [4.69, 9.17) is 4.79 Å². The lowest BCUT2D eigenvalue weighted by molar-refractivity contribution is 0.479. The molecule has 0 aliphatic rings. The molecule has 0 atom stereocenters. The van der Waals surface area contributed by atoms with Crippen LogP contribution in [0.4, 0.5) is 4.39 Å². The molecule has 0 aromatic carbocycles. The summed E-state index contributed by atoms with van der Waals surface area (Å²) in [4.78, 5) is 9.16. The van der Waals surface area contributed by atoms with Crippen molar-refractivity contribution < 1.29 is 9.18 Å². The molecule has 0 spiro atoms. The van der Waals surface area contributed by atoms with Crippen molar-refractivity contribution in [1.82, 2.24) is 5.32 Å². The van der Waals surface area contributed by atoms with Gasteiger partial charge in [-0.1, -0.05) is 0 Å². The lowest BCUT2D eigenvalue weighted by Gasteiger charge is -1.82. The van der Waals surface area contributed by atoms with Crippen LogP contribution in [0, 0.1) is 0 Å². The van der Waals surface area contributed by atoms with Crippen LogP contribution in [0.15, 0.2) is 0 Å². The normalized spacial score (nSPS) is 7.50. The molecule has 2 nitrogen and oxygen atoms in total. The van der Waals surface area contributed by atoms with Crippen LogP contribution >= 0.6 is 0 Å². The van der Waals surface area contributed by atoms with Crippen molar-refractivity contribution in [3.05, 3.63) is 0 Å². The summed E-state index contributed by atoms with van der Waals surface area (Å²) in [6.45, 7) is -0.446. The average molecular weight is 90.1 g/mol. The second kappa shape index (κ2) is 4.40. The van der Waals surface area contributed by atoms with Gasteiger partial charge in [-0.3, -0.25) is 4.79 Å². The van der Waals surface area contributed by atoms with Crippen molar-refractivity contribution in [3.63, 3.8) is 0 Å². The van der Waals surface area contributed by atoms with E-state index in [0.717, 1.165) is 0 Å². The molecule has 1 amide bonds. The number of hydrogen-bond acceptors (Lipinski definition) is 1. The highest BCUT2D eigenvalue weighted by Gasteiger charge is 1.74. The van der Waals surface area contributed by atoms with Crippen molar-refractivity contribution in [2.45, 2.75) is 0 Å². The van der Waals surface area contributed by atoms with Gasteiger partial charge in [0, 0.05) is 6.54 Å². The number of alkyl halides is 1. The van der Waals surface area contributed by atoms with E-state index < -0.39 is 6.67 Å². The summed E-state index contributed by atoms with van der Waals surface area (Å²) in [6.07, 6.45) is 1.33. The van der Waals surface area contributed by atoms with E-state index in [1.807, 2.05) is 5.32 Å². The Bertz CT molecular complexity index is 39.8. The van der Waals surface area contributed by atoms with Gasteiger partial charge in [0.15, 0.2) is 0 Å². The van der Waals surface area contributed by atoms with E-state index in [1.165, 1.54) is 6.41 Å². The average Bonchev–Trinajstić information content (AvgIpc) is 1.61. The molecule has 0 bridgehead atoms. The number of hydrogen-bond donors (Lipinski definition) is 1. The highest BCUT2D eigenvalue weighted by Crippen LogP contribution is 1.56. The van der Waals surface area contributed by atoms with Crippen LogP contribution in [0.1, 0.15) is 0 Å². The maximum absolute atomic E-state index is 10.9. The monoisotopic (exact) mass is 90.0 g/mol. The van der Waals surface area contributed by atoms with Gasteiger partial charge in [0.05, 0.1) is 0 Å². The fraction of sp³-hybridized carbons (Fsp3) is 0.667. The van der Waals surface area contributed by atoms with Gasteiger partial charge in [0.25, 0.3) is 0 Å². The Morgan fingerprint density at radius 2 is 2.50 bits per heavy atom. The minimum Gasteiger partial charge on any atom is -0.345 e. The number of rotatable bonds is 3. The van der Waals surface area contributed by atoms with E-state index in [1.54, 1.807) is 0 Å². The first kappa shape index (κ1) is 5.40. The number of halogens is 1. The topological polar surface area (TPSA) is 29.1 Å². The molecule has 3 heteroatoms. The van der Waals surface area contributed by atoms with Crippen LogP contribution in [0.25, 0.3) is 0 Å². The smallest absolute Gasteiger partial charge is 0.309 e. The summed E-state index contributed by atoms with van der Waals surface area (Å²) in [5.74, 6) is 0. The Kier molecular flexibility index (Phi) is 3.96. The third-order valence-electron chi connectivity index (χ3n) is 0.292. The van der Waals surface area contributed by atoms with Gasteiger partial charge in [-0.05, 0) is 0 Å². The lowest BCUT2D eigenvalue weighted by atomic mass is 10.7. The highest BCUT2D eigenvalue weighted by atomic mass is 19.1. The molecule has 35 valence electrons. The highest BCUT2D eigenvalue weighted by molar-refractivity contribution is 5.46.